The van der Waals surface area contributed by atoms with Gasteiger partial charge in [-0.05, 0) is 50.2 Å². The van der Waals surface area contributed by atoms with Crippen LogP contribution in [0.1, 0.15) is 38.7 Å². The summed E-state index contributed by atoms with van der Waals surface area (Å²) in [5.41, 5.74) is 0.693. The van der Waals surface area contributed by atoms with Crippen LogP contribution in [-0.2, 0) is 38.1 Å². The van der Waals surface area contributed by atoms with Gasteiger partial charge < -0.3 is 29.2 Å². The molecule has 23 heteroatoms. The van der Waals surface area contributed by atoms with Gasteiger partial charge in [-0.2, -0.15) is 57.1 Å². The number of aliphatic carboxylic acids is 2. The predicted molar refractivity (Wildman–Crippen MR) is 189 cm³/mol. The SMILES string of the molecule is CCO/C=C\C1CC(/C=C/C(C)OC(/C=C/C2OC(/C=C\c3ccccc3)[C@@H]3C(=O)OC(=O)[C@H]23)C(CC(=O)O)C(=O)O)CC1C(F)(F)C(F)(F)C(F)(F)C(F)(F)C(F)(F)C(F)(F)F. The number of hydrogen-bond donors (Lipinski definition) is 2. The second kappa shape index (κ2) is 19.0. The fourth-order valence-corrected chi connectivity index (χ4v) is 7.45. The van der Waals surface area contributed by atoms with Crippen molar-refractivity contribution in [2.24, 2.45) is 35.5 Å². The number of rotatable bonds is 20. The van der Waals surface area contributed by atoms with Crippen LogP contribution in [0.2, 0.25) is 0 Å². The molecular formula is C40H39F13O10. The third-order valence-corrected chi connectivity index (χ3v) is 10.7. The lowest BCUT2D eigenvalue weighted by Crippen LogP contribution is -2.71. The zero-order valence-electron chi connectivity index (χ0n) is 32.7. The summed E-state index contributed by atoms with van der Waals surface area (Å²) in [6.45, 7) is 2.40. The van der Waals surface area contributed by atoms with Crippen LogP contribution in [-0.4, -0.2) is 101 Å². The van der Waals surface area contributed by atoms with Crippen molar-refractivity contribution in [3.05, 3.63) is 78.6 Å². The third kappa shape index (κ3) is 10.2. The lowest BCUT2D eigenvalue weighted by Gasteiger charge is -2.42. The number of carbonyl (C=O) groups is 4. The minimum Gasteiger partial charge on any atom is -0.502 e. The van der Waals surface area contributed by atoms with Crippen molar-refractivity contribution >= 4 is 30.0 Å². The number of carbonyl (C=O) groups excluding carboxylic acids is 2. The first-order chi connectivity index (χ1) is 29.0. The van der Waals surface area contributed by atoms with E-state index in [9.17, 15) is 77.7 Å². The van der Waals surface area contributed by atoms with Crippen molar-refractivity contribution in [1.82, 2.24) is 0 Å². The van der Waals surface area contributed by atoms with Gasteiger partial charge in [-0.15, -0.1) is 0 Å². The van der Waals surface area contributed by atoms with Crippen LogP contribution >= 0.6 is 0 Å². The first-order valence-electron chi connectivity index (χ1n) is 18.9. The van der Waals surface area contributed by atoms with E-state index in [4.69, 9.17) is 18.9 Å². The first-order valence-corrected chi connectivity index (χ1v) is 18.9. The molecule has 0 amide bonds. The third-order valence-electron chi connectivity index (χ3n) is 10.7. The van der Waals surface area contributed by atoms with Crippen molar-refractivity contribution < 1.29 is 105 Å². The van der Waals surface area contributed by atoms with Crippen LogP contribution in [0.3, 0.4) is 0 Å². The molecule has 1 aromatic rings. The summed E-state index contributed by atoms with van der Waals surface area (Å²) in [4.78, 5) is 49.2. The average molecular weight is 927 g/mol. The lowest BCUT2D eigenvalue weighted by atomic mass is 9.82. The average Bonchev–Trinajstić information content (AvgIpc) is 3.87. The fraction of sp³-hybridized carbons (Fsp3) is 0.550. The van der Waals surface area contributed by atoms with E-state index in [1.807, 2.05) is 0 Å². The molecule has 63 heavy (non-hydrogen) atoms. The highest BCUT2D eigenvalue weighted by atomic mass is 19.4. The molecule has 2 heterocycles. The second-order valence-corrected chi connectivity index (χ2v) is 14.9. The molecule has 1 saturated carbocycles. The molecule has 10 nitrogen and oxygen atoms in total. The smallest absolute Gasteiger partial charge is 0.460 e. The van der Waals surface area contributed by atoms with Crippen LogP contribution in [0, 0.1) is 35.5 Å². The van der Waals surface area contributed by atoms with Crippen LogP contribution in [0.25, 0.3) is 6.08 Å². The zero-order valence-corrected chi connectivity index (χ0v) is 32.7. The van der Waals surface area contributed by atoms with E-state index in [2.05, 4.69) is 0 Å². The maximum atomic E-state index is 15.5. The van der Waals surface area contributed by atoms with Gasteiger partial charge in [-0.3, -0.25) is 19.2 Å². The fourth-order valence-electron chi connectivity index (χ4n) is 7.45. The molecule has 0 bridgehead atoms. The van der Waals surface area contributed by atoms with Gasteiger partial charge in [-0.25, -0.2) is 0 Å². The zero-order chi connectivity index (χ0) is 47.5. The van der Waals surface area contributed by atoms with Crippen molar-refractivity contribution in [3.8, 4) is 0 Å². The summed E-state index contributed by atoms with van der Waals surface area (Å²) in [5.74, 6) is -53.8. The Morgan fingerprint density at radius 2 is 1.35 bits per heavy atom. The van der Waals surface area contributed by atoms with E-state index in [0.717, 1.165) is 24.3 Å². The molecule has 0 spiro atoms. The molecular weight excluding hydrogens is 887 g/mol. The summed E-state index contributed by atoms with van der Waals surface area (Å²) < 4.78 is 204. The molecule has 350 valence electrons. The number of hydrogen-bond acceptors (Lipinski definition) is 8. The Morgan fingerprint density at radius 1 is 0.778 bits per heavy atom. The van der Waals surface area contributed by atoms with Gasteiger partial charge in [0.25, 0.3) is 0 Å². The summed E-state index contributed by atoms with van der Waals surface area (Å²) in [6, 6.07) is 8.65. The van der Waals surface area contributed by atoms with Gasteiger partial charge in [0.2, 0.25) is 0 Å². The Labute approximate surface area is 349 Å². The molecule has 3 aliphatic rings. The number of alkyl halides is 13. The van der Waals surface area contributed by atoms with E-state index in [-0.39, 0.29) is 6.61 Å². The number of cyclic esters (lactones) is 2. The number of carboxylic acids is 2. The highest BCUT2D eigenvalue weighted by Gasteiger charge is 2.91. The number of halogens is 13. The topological polar surface area (TPSA) is 146 Å². The molecule has 10 atom stereocenters. The Kier molecular flexibility index (Phi) is 15.3. The first kappa shape index (κ1) is 50.7. The number of allylic oxidation sites excluding steroid dienone is 2. The monoisotopic (exact) mass is 926 g/mol. The summed E-state index contributed by atoms with van der Waals surface area (Å²) >= 11 is 0. The Bertz CT molecular complexity index is 1930. The minimum absolute atomic E-state index is 0.160. The molecule has 2 N–H and O–H groups in total. The molecule has 3 fully saturated rings. The Hall–Kier alpha value is -4.93. The number of ether oxygens (including phenoxy) is 4. The van der Waals surface area contributed by atoms with Gasteiger partial charge in [-0.1, -0.05) is 66.8 Å². The quantitative estimate of drug-likeness (QED) is 0.0428. The molecule has 4 rings (SSSR count). The predicted octanol–water partition coefficient (Wildman–Crippen LogP) is 8.78. The van der Waals surface area contributed by atoms with Crippen LogP contribution in [0.4, 0.5) is 57.1 Å². The van der Waals surface area contributed by atoms with Crippen LogP contribution in [0.5, 0.6) is 0 Å². The minimum atomic E-state index is -8.07. The Morgan fingerprint density at radius 3 is 1.89 bits per heavy atom. The number of benzene rings is 1. The second-order valence-electron chi connectivity index (χ2n) is 14.9. The van der Waals surface area contributed by atoms with Gasteiger partial charge in [0.15, 0.2) is 0 Å². The van der Waals surface area contributed by atoms with Gasteiger partial charge >= 0.3 is 59.7 Å². The van der Waals surface area contributed by atoms with E-state index < -0.39 is 139 Å². The van der Waals surface area contributed by atoms with E-state index in [1.54, 1.807) is 36.4 Å². The summed E-state index contributed by atoms with van der Waals surface area (Å²) in [6.07, 6.45) is -7.41. The molecule has 0 radical (unpaired) electrons. The van der Waals surface area contributed by atoms with Gasteiger partial charge in [0.05, 0.1) is 49.6 Å². The normalized spacial score (nSPS) is 26.8. The maximum absolute atomic E-state index is 15.5. The van der Waals surface area contributed by atoms with Gasteiger partial charge in [0, 0.05) is 5.92 Å². The highest BCUT2D eigenvalue weighted by molar-refractivity contribution is 5.98. The molecule has 8 unspecified atom stereocenters. The van der Waals surface area contributed by atoms with E-state index >= 15 is 8.78 Å². The summed E-state index contributed by atoms with van der Waals surface area (Å²) in [7, 11) is 0. The maximum Gasteiger partial charge on any atom is 0.460 e. The molecule has 2 saturated heterocycles. The van der Waals surface area contributed by atoms with Crippen molar-refractivity contribution in [2.45, 2.75) is 93.3 Å². The molecule has 1 aromatic carbocycles. The van der Waals surface area contributed by atoms with Crippen LogP contribution < -0.4 is 0 Å². The molecule has 0 aromatic heterocycles. The van der Waals surface area contributed by atoms with Gasteiger partial charge in [0.1, 0.15) is 11.8 Å². The number of carboxylic acid groups (broad SMARTS) is 2. The largest absolute Gasteiger partial charge is 0.502 e. The molecule has 2 aliphatic heterocycles. The molecule has 1 aliphatic carbocycles. The van der Waals surface area contributed by atoms with Crippen LogP contribution in [0.15, 0.2) is 73.1 Å². The Balaban J connectivity index is 1.61. The number of fused-ring (bicyclic) bond motifs is 1. The number of esters is 2. The van der Waals surface area contributed by atoms with Crippen molar-refractivity contribution in [3.63, 3.8) is 0 Å². The lowest BCUT2D eigenvalue weighted by molar-refractivity contribution is -0.443. The van der Waals surface area contributed by atoms with Crippen molar-refractivity contribution in [2.75, 3.05) is 6.61 Å². The summed E-state index contributed by atoms with van der Waals surface area (Å²) in [5, 5.41) is 19.4. The van der Waals surface area contributed by atoms with E-state index in [0.29, 0.717) is 17.9 Å². The van der Waals surface area contributed by atoms with E-state index in [1.165, 1.54) is 19.9 Å². The van der Waals surface area contributed by atoms with Crippen molar-refractivity contribution in [1.29, 1.82) is 0 Å². The standard InChI is InChI=1S/C40H39F13O10/c1-3-60-16-15-23-17-22(18-25(23)35(41,42)36(43,44)37(45,46)38(47,48)39(49,50)40(51,52)53)10-9-20(2)61-26(24(32(56)57)19-29(54)55)13-14-28-31-30(33(58)63-34(31)59)27(62-28)12-11-21-7-5-4-6-8-21/h4-16,20,22-28,30-31H,3,17-19H2,1-2H3,(H,54,55)(H,56,57)/b10-9+,12-11-,14-13+,16-15-/t20?,22?,23?,24?,25?,26?,27?,28?,30-,31+/m0/s1. The highest BCUT2D eigenvalue weighted by Crippen LogP contribution is 2.63.